The van der Waals surface area contributed by atoms with Gasteiger partial charge in [-0.1, -0.05) is 49.0 Å². The van der Waals surface area contributed by atoms with Crippen molar-refractivity contribution in [1.29, 1.82) is 0 Å². The standard InChI is InChI=1S/C13H15NO3S.C10H13N5O4/c1-3-8(2)11(13(16)17)14-12(15)9-6-4-5-7-10(9)18-14;1-5-3-15(10(18)12-9(5)17)8-2-6(13-14-11)7(4-16)19-8/h4-8,11H,3H2,1-2H3,(H,16,17);3,6-8,16H,2,4H2,1H3,(H,12,17,18)/t8-,11-;6-,7+,8+/m00/s1. The van der Waals surface area contributed by atoms with E-state index < -0.39 is 41.6 Å². The van der Waals surface area contributed by atoms with Crippen LogP contribution in [0.5, 0.6) is 0 Å². The molecule has 13 nitrogen and oxygen atoms in total. The smallest absolute Gasteiger partial charge is 0.330 e. The first-order chi connectivity index (χ1) is 17.6. The van der Waals surface area contributed by atoms with Gasteiger partial charge in [-0.05, 0) is 30.5 Å². The van der Waals surface area contributed by atoms with Gasteiger partial charge in [0.25, 0.3) is 11.1 Å². The van der Waals surface area contributed by atoms with E-state index in [9.17, 15) is 24.3 Å². The van der Waals surface area contributed by atoms with Crippen molar-refractivity contribution < 1.29 is 19.7 Å². The highest BCUT2D eigenvalue weighted by atomic mass is 32.1. The number of nitrogens with zero attached hydrogens (tertiary/aromatic N) is 5. The van der Waals surface area contributed by atoms with Gasteiger partial charge in [-0.25, -0.2) is 13.5 Å². The summed E-state index contributed by atoms with van der Waals surface area (Å²) in [5.74, 6) is -1.02. The molecule has 14 heteroatoms. The Morgan fingerprint density at radius 2 is 2.05 bits per heavy atom. The molecule has 0 amide bonds. The quantitative estimate of drug-likeness (QED) is 0.236. The number of carboxylic acid groups (broad SMARTS) is 1. The van der Waals surface area contributed by atoms with E-state index >= 15 is 0 Å². The number of hydrogen-bond acceptors (Lipinski definition) is 8. The van der Waals surface area contributed by atoms with E-state index in [2.05, 4.69) is 15.0 Å². The van der Waals surface area contributed by atoms with Gasteiger partial charge in [0.05, 0.1) is 28.8 Å². The maximum atomic E-state index is 12.2. The van der Waals surface area contributed by atoms with Crippen molar-refractivity contribution in [1.82, 2.24) is 13.5 Å². The number of aliphatic hydroxyl groups is 1. The number of aliphatic carboxylic acids is 1. The Bertz CT molecular complexity index is 1480. The number of fused-ring (bicyclic) bond motifs is 1. The van der Waals surface area contributed by atoms with E-state index in [1.54, 1.807) is 19.1 Å². The van der Waals surface area contributed by atoms with E-state index in [0.29, 0.717) is 10.9 Å². The van der Waals surface area contributed by atoms with E-state index in [0.717, 1.165) is 11.1 Å². The van der Waals surface area contributed by atoms with Crippen LogP contribution in [0, 0.1) is 12.8 Å². The van der Waals surface area contributed by atoms with Crippen molar-refractivity contribution in [2.24, 2.45) is 11.0 Å². The molecule has 0 radical (unpaired) electrons. The lowest BCUT2D eigenvalue weighted by atomic mass is 10.00. The van der Waals surface area contributed by atoms with Crippen LogP contribution in [0.15, 0.2) is 50.0 Å². The Balaban J connectivity index is 0.000000206. The van der Waals surface area contributed by atoms with Crippen LogP contribution in [0.4, 0.5) is 0 Å². The van der Waals surface area contributed by atoms with Crippen LogP contribution in [0.1, 0.15) is 44.5 Å². The molecule has 1 fully saturated rings. The maximum Gasteiger partial charge on any atom is 0.330 e. The Hall–Kier alpha value is -3.71. The second-order valence-electron chi connectivity index (χ2n) is 8.69. The molecule has 0 aliphatic carbocycles. The summed E-state index contributed by atoms with van der Waals surface area (Å²) in [5.41, 5.74) is 7.55. The van der Waals surface area contributed by atoms with Gasteiger partial charge in [-0.3, -0.25) is 19.1 Å². The molecular formula is C23H28N6O7S. The third-order valence-corrected chi connectivity index (χ3v) is 7.39. The molecule has 3 N–H and O–H groups in total. The van der Waals surface area contributed by atoms with Crippen LogP contribution in [-0.4, -0.2) is 48.4 Å². The third-order valence-electron chi connectivity index (χ3n) is 6.24. The van der Waals surface area contributed by atoms with Crippen LogP contribution in [0.3, 0.4) is 0 Å². The Labute approximate surface area is 214 Å². The normalized spacial score (nSPS) is 20.5. The number of carbonyl (C=O) groups is 1. The van der Waals surface area contributed by atoms with Gasteiger partial charge in [0.1, 0.15) is 12.3 Å². The summed E-state index contributed by atoms with van der Waals surface area (Å²) in [7, 11) is 0. The Kier molecular flexibility index (Phi) is 9.05. The van der Waals surface area contributed by atoms with Crippen molar-refractivity contribution in [3.05, 3.63) is 77.7 Å². The molecule has 0 unspecified atom stereocenters. The first-order valence-electron chi connectivity index (χ1n) is 11.6. The molecule has 2 aromatic heterocycles. The highest BCUT2D eigenvalue weighted by Gasteiger charge is 2.35. The average Bonchev–Trinajstić information content (AvgIpc) is 3.42. The van der Waals surface area contributed by atoms with Gasteiger partial charge in [-0.15, -0.1) is 0 Å². The fourth-order valence-electron chi connectivity index (χ4n) is 4.01. The molecular weight excluding hydrogens is 504 g/mol. The van der Waals surface area contributed by atoms with E-state index in [-0.39, 0.29) is 24.5 Å². The zero-order chi connectivity index (χ0) is 27.3. The summed E-state index contributed by atoms with van der Waals surface area (Å²) in [5, 5.41) is 22.6. The number of carboxylic acids is 1. The lowest BCUT2D eigenvalue weighted by Gasteiger charge is -2.18. The summed E-state index contributed by atoms with van der Waals surface area (Å²) in [6, 6.07) is 5.90. The zero-order valence-corrected chi connectivity index (χ0v) is 21.3. The fraction of sp³-hybridized carbons (Fsp3) is 0.478. The first kappa shape index (κ1) is 27.9. The van der Waals surface area contributed by atoms with E-state index in [1.807, 2.05) is 26.0 Å². The zero-order valence-electron chi connectivity index (χ0n) is 20.5. The number of aryl methyl sites for hydroxylation is 1. The summed E-state index contributed by atoms with van der Waals surface area (Å²) in [4.78, 5) is 51.4. The molecule has 0 bridgehead atoms. The number of azide groups is 1. The average molecular weight is 533 g/mol. The molecule has 1 aromatic carbocycles. The number of H-pyrrole nitrogens is 1. The summed E-state index contributed by atoms with van der Waals surface area (Å²) in [6.07, 6.45) is 1.05. The predicted molar refractivity (Wildman–Crippen MR) is 137 cm³/mol. The summed E-state index contributed by atoms with van der Waals surface area (Å²) in [6.45, 7) is 5.05. The van der Waals surface area contributed by atoms with Crippen molar-refractivity contribution in [3.8, 4) is 0 Å². The number of rotatable bonds is 7. The molecule has 3 heterocycles. The number of benzene rings is 1. The van der Waals surface area contributed by atoms with E-state index in [4.69, 9.17) is 15.4 Å². The SMILES string of the molecule is CC[C@H](C)[C@@H](C(=O)O)n1sc2ccccc2c1=O.Cc1cn([C@H]2C[C@H](N=[N+]=[N-])[C@@H](CO)O2)c(=O)[nH]c1=O. The van der Waals surface area contributed by atoms with Crippen molar-refractivity contribution in [2.45, 2.75) is 58.0 Å². The minimum atomic E-state index is -0.946. The minimum absolute atomic E-state index is 0.0757. The maximum absolute atomic E-state index is 12.2. The summed E-state index contributed by atoms with van der Waals surface area (Å²) < 4.78 is 8.91. The molecule has 3 aromatic rings. The van der Waals surface area contributed by atoms with E-state index in [1.165, 1.54) is 26.3 Å². The number of aliphatic hydroxyl groups excluding tert-OH is 1. The van der Waals surface area contributed by atoms with Gasteiger partial charge >= 0.3 is 11.7 Å². The lowest BCUT2D eigenvalue weighted by molar-refractivity contribution is -0.142. The fourth-order valence-corrected chi connectivity index (χ4v) is 5.21. The lowest BCUT2D eigenvalue weighted by Crippen LogP contribution is -2.33. The largest absolute Gasteiger partial charge is 0.480 e. The van der Waals surface area contributed by atoms with Gasteiger partial charge in [-0.2, -0.15) is 0 Å². The third kappa shape index (κ3) is 6.00. The van der Waals surface area contributed by atoms with Crippen LogP contribution in [-0.2, 0) is 9.53 Å². The molecule has 1 aliphatic rings. The van der Waals surface area contributed by atoms with Crippen molar-refractivity contribution in [2.75, 3.05) is 6.61 Å². The van der Waals surface area contributed by atoms with Crippen LogP contribution < -0.4 is 16.8 Å². The van der Waals surface area contributed by atoms with Gasteiger partial charge < -0.3 is 14.9 Å². The molecule has 1 saturated heterocycles. The van der Waals surface area contributed by atoms with Gasteiger partial charge in [0.15, 0.2) is 0 Å². The number of nitrogens with one attached hydrogen (secondary N) is 1. The highest BCUT2D eigenvalue weighted by Crippen LogP contribution is 2.30. The number of aromatic nitrogens is 3. The summed E-state index contributed by atoms with van der Waals surface area (Å²) >= 11 is 1.23. The Morgan fingerprint density at radius 1 is 1.35 bits per heavy atom. The van der Waals surface area contributed by atoms with Crippen LogP contribution >= 0.6 is 11.5 Å². The molecule has 198 valence electrons. The van der Waals surface area contributed by atoms with Crippen LogP contribution in [0.25, 0.3) is 20.5 Å². The molecule has 1 aliphatic heterocycles. The number of ether oxygens (including phenoxy) is 1. The second kappa shape index (κ2) is 12.0. The number of aromatic amines is 1. The molecule has 0 spiro atoms. The van der Waals surface area contributed by atoms with Crippen molar-refractivity contribution >= 4 is 27.6 Å². The topological polar surface area (TPSA) is 192 Å². The van der Waals surface area contributed by atoms with Crippen molar-refractivity contribution in [3.63, 3.8) is 0 Å². The molecule has 0 saturated carbocycles. The highest BCUT2D eigenvalue weighted by molar-refractivity contribution is 7.14. The van der Waals surface area contributed by atoms with Gasteiger partial charge in [0.2, 0.25) is 0 Å². The second-order valence-corrected chi connectivity index (χ2v) is 9.70. The minimum Gasteiger partial charge on any atom is -0.480 e. The van der Waals surface area contributed by atoms with Crippen LogP contribution in [0.2, 0.25) is 0 Å². The molecule has 37 heavy (non-hydrogen) atoms. The molecule has 4 rings (SSSR count). The van der Waals surface area contributed by atoms with Gasteiger partial charge in [0, 0.05) is 23.1 Å². The molecule has 5 atom stereocenters. The first-order valence-corrected chi connectivity index (χ1v) is 12.4. The predicted octanol–water partition coefficient (Wildman–Crippen LogP) is 2.54. The number of hydrogen-bond donors (Lipinski definition) is 3. The monoisotopic (exact) mass is 532 g/mol. The Morgan fingerprint density at radius 3 is 2.65 bits per heavy atom.